The van der Waals surface area contributed by atoms with E-state index in [1.54, 1.807) is 23.1 Å². The summed E-state index contributed by atoms with van der Waals surface area (Å²) in [6, 6.07) is 24.8. The van der Waals surface area contributed by atoms with Crippen molar-refractivity contribution in [3.05, 3.63) is 107 Å². The van der Waals surface area contributed by atoms with Gasteiger partial charge < -0.3 is 10.2 Å². The van der Waals surface area contributed by atoms with Gasteiger partial charge in [-0.15, -0.1) is 0 Å². The van der Waals surface area contributed by atoms with E-state index in [4.69, 9.17) is 0 Å². The Kier molecular flexibility index (Phi) is 4.88. The summed E-state index contributed by atoms with van der Waals surface area (Å²) in [5, 5.41) is 2.86. The van der Waals surface area contributed by atoms with Crippen molar-refractivity contribution < 1.29 is 9.18 Å². The molecule has 1 aliphatic heterocycles. The summed E-state index contributed by atoms with van der Waals surface area (Å²) in [4.78, 5) is 14.6. The van der Waals surface area contributed by atoms with Crippen LogP contribution < -0.4 is 5.32 Å². The third kappa shape index (κ3) is 3.70. The third-order valence-electron chi connectivity index (χ3n) is 5.07. The van der Waals surface area contributed by atoms with Gasteiger partial charge in [-0.2, -0.15) is 0 Å². The Balaban J connectivity index is 1.54. The summed E-state index contributed by atoms with van der Waals surface area (Å²) in [6.45, 7) is 1.34. The van der Waals surface area contributed by atoms with Crippen LogP contribution in [0.4, 0.5) is 9.18 Å². The number of nitrogens with one attached hydrogen (secondary N) is 1. The van der Waals surface area contributed by atoms with Crippen molar-refractivity contribution in [3.63, 3.8) is 0 Å². The molecule has 27 heavy (non-hydrogen) atoms. The Morgan fingerprint density at radius 2 is 1.67 bits per heavy atom. The number of nitrogens with zero attached hydrogens (tertiary/aromatic N) is 1. The molecule has 0 spiro atoms. The summed E-state index contributed by atoms with van der Waals surface area (Å²) in [5.74, 6) is -0.167. The number of halogens is 1. The smallest absolute Gasteiger partial charge is 0.317 e. The summed E-state index contributed by atoms with van der Waals surface area (Å²) in [7, 11) is 0. The van der Waals surface area contributed by atoms with E-state index >= 15 is 0 Å². The highest BCUT2D eigenvalue weighted by atomic mass is 19.1. The van der Waals surface area contributed by atoms with Gasteiger partial charge in [0.2, 0.25) is 0 Å². The van der Waals surface area contributed by atoms with Crippen molar-refractivity contribution in [3.8, 4) is 0 Å². The predicted molar refractivity (Wildman–Crippen MR) is 104 cm³/mol. The van der Waals surface area contributed by atoms with E-state index in [9.17, 15) is 9.18 Å². The zero-order chi connectivity index (χ0) is 18.6. The number of carbonyl (C=O) groups excluding carboxylic acids is 1. The van der Waals surface area contributed by atoms with E-state index in [0.717, 1.165) is 5.56 Å². The molecule has 4 heteroatoms. The van der Waals surface area contributed by atoms with Crippen molar-refractivity contribution >= 4 is 6.03 Å². The molecule has 0 fully saturated rings. The highest BCUT2D eigenvalue weighted by Crippen LogP contribution is 2.33. The fourth-order valence-electron chi connectivity index (χ4n) is 3.66. The molecule has 3 aromatic carbocycles. The lowest BCUT2D eigenvalue weighted by Crippen LogP contribution is -2.44. The van der Waals surface area contributed by atoms with E-state index in [0.29, 0.717) is 18.7 Å². The van der Waals surface area contributed by atoms with Crippen LogP contribution in [0.1, 0.15) is 28.2 Å². The number of benzene rings is 3. The molecule has 136 valence electrons. The van der Waals surface area contributed by atoms with Gasteiger partial charge in [-0.25, -0.2) is 9.18 Å². The van der Waals surface area contributed by atoms with E-state index in [1.165, 1.54) is 17.2 Å². The SMILES string of the molecule is O=C(NCc1ccccc1F)N1Cc2ccccc2[C@H](c2ccccc2)C1. The van der Waals surface area contributed by atoms with Gasteiger partial charge in [0.1, 0.15) is 5.82 Å². The van der Waals surface area contributed by atoms with Gasteiger partial charge in [0.15, 0.2) is 0 Å². The maximum Gasteiger partial charge on any atom is 0.317 e. The molecule has 1 N–H and O–H groups in total. The molecule has 2 amide bonds. The molecule has 0 radical (unpaired) electrons. The molecule has 1 aliphatic rings. The zero-order valence-corrected chi connectivity index (χ0v) is 14.9. The zero-order valence-electron chi connectivity index (χ0n) is 14.9. The fourth-order valence-corrected chi connectivity index (χ4v) is 3.66. The first-order valence-corrected chi connectivity index (χ1v) is 9.11. The number of rotatable bonds is 3. The molecule has 4 rings (SSSR count). The van der Waals surface area contributed by atoms with Crippen molar-refractivity contribution in [1.82, 2.24) is 10.2 Å². The molecule has 0 saturated heterocycles. The molecule has 3 nitrogen and oxygen atoms in total. The predicted octanol–water partition coefficient (Wildman–Crippen LogP) is 4.68. The number of fused-ring (bicyclic) bond motifs is 1. The number of hydrogen-bond acceptors (Lipinski definition) is 1. The van der Waals surface area contributed by atoms with E-state index in [1.807, 2.05) is 30.3 Å². The number of carbonyl (C=O) groups is 1. The van der Waals surface area contributed by atoms with E-state index in [-0.39, 0.29) is 24.3 Å². The number of amides is 2. The lowest BCUT2D eigenvalue weighted by atomic mass is 9.85. The van der Waals surface area contributed by atoms with E-state index < -0.39 is 0 Å². The van der Waals surface area contributed by atoms with Crippen molar-refractivity contribution in [1.29, 1.82) is 0 Å². The number of urea groups is 1. The molecule has 0 saturated carbocycles. The highest BCUT2D eigenvalue weighted by Gasteiger charge is 2.28. The first kappa shape index (κ1) is 17.3. The van der Waals surface area contributed by atoms with Gasteiger partial charge in [-0.05, 0) is 22.8 Å². The first-order valence-electron chi connectivity index (χ1n) is 9.11. The van der Waals surface area contributed by atoms with Crippen molar-refractivity contribution in [2.45, 2.75) is 19.0 Å². The van der Waals surface area contributed by atoms with Gasteiger partial charge in [-0.3, -0.25) is 0 Å². The molecule has 0 bridgehead atoms. The Bertz CT molecular complexity index is 942. The Morgan fingerprint density at radius 1 is 0.963 bits per heavy atom. The molecular formula is C23H21FN2O. The fraction of sp³-hybridized carbons (Fsp3) is 0.174. The largest absolute Gasteiger partial charge is 0.334 e. The maximum atomic E-state index is 13.8. The van der Waals surface area contributed by atoms with Crippen LogP contribution in [0.15, 0.2) is 78.9 Å². The third-order valence-corrected chi connectivity index (χ3v) is 5.07. The maximum absolute atomic E-state index is 13.8. The highest BCUT2D eigenvalue weighted by molar-refractivity contribution is 5.75. The van der Waals surface area contributed by atoms with Crippen molar-refractivity contribution in [2.75, 3.05) is 6.54 Å². The standard InChI is InChI=1S/C23H21FN2O/c24-22-13-7-5-10-18(22)14-25-23(27)26-15-19-11-4-6-12-20(19)21(16-26)17-8-2-1-3-9-17/h1-13,21H,14-16H2,(H,25,27)/t21-/m0/s1. The quantitative estimate of drug-likeness (QED) is 0.722. The normalized spacial score (nSPS) is 15.9. The van der Waals surface area contributed by atoms with Crippen LogP contribution in [0.25, 0.3) is 0 Å². The average molecular weight is 360 g/mol. The molecule has 3 aromatic rings. The minimum atomic E-state index is -0.302. The molecule has 0 unspecified atom stereocenters. The molecule has 1 heterocycles. The molecule has 1 atom stereocenters. The number of hydrogen-bond donors (Lipinski definition) is 1. The topological polar surface area (TPSA) is 32.3 Å². The Hall–Kier alpha value is -3.14. The second kappa shape index (κ2) is 7.62. The second-order valence-corrected chi connectivity index (χ2v) is 6.79. The molecular weight excluding hydrogens is 339 g/mol. The van der Waals surface area contributed by atoms with E-state index in [2.05, 4.69) is 29.6 Å². The van der Waals surface area contributed by atoms with Crippen LogP contribution in [0, 0.1) is 5.82 Å². The Labute approximate surface area is 158 Å². The Morgan fingerprint density at radius 3 is 2.48 bits per heavy atom. The van der Waals surface area contributed by atoms with Gasteiger partial charge in [0, 0.05) is 31.1 Å². The monoisotopic (exact) mass is 360 g/mol. The summed E-state index contributed by atoms with van der Waals surface area (Å²) in [5.41, 5.74) is 4.10. The van der Waals surface area contributed by atoms with Crippen LogP contribution >= 0.6 is 0 Å². The van der Waals surface area contributed by atoms with Gasteiger partial charge in [-0.1, -0.05) is 72.8 Å². The minimum absolute atomic E-state index is 0.135. The second-order valence-electron chi connectivity index (χ2n) is 6.79. The summed E-state index contributed by atoms with van der Waals surface area (Å²) < 4.78 is 13.8. The molecule has 0 aromatic heterocycles. The minimum Gasteiger partial charge on any atom is -0.334 e. The van der Waals surface area contributed by atoms with Crippen LogP contribution in [0.5, 0.6) is 0 Å². The van der Waals surface area contributed by atoms with Crippen LogP contribution in [0.2, 0.25) is 0 Å². The molecule has 0 aliphatic carbocycles. The van der Waals surface area contributed by atoms with Crippen molar-refractivity contribution in [2.24, 2.45) is 0 Å². The first-order chi connectivity index (χ1) is 13.2. The summed E-state index contributed by atoms with van der Waals surface area (Å²) >= 11 is 0. The van der Waals surface area contributed by atoms with Crippen LogP contribution in [0.3, 0.4) is 0 Å². The lowest BCUT2D eigenvalue weighted by Gasteiger charge is -2.35. The average Bonchev–Trinajstić information content (AvgIpc) is 2.73. The van der Waals surface area contributed by atoms with Gasteiger partial charge in [0.25, 0.3) is 0 Å². The van der Waals surface area contributed by atoms with Gasteiger partial charge in [0.05, 0.1) is 0 Å². The van der Waals surface area contributed by atoms with Gasteiger partial charge >= 0.3 is 6.03 Å². The van der Waals surface area contributed by atoms with Crippen LogP contribution in [-0.2, 0) is 13.1 Å². The lowest BCUT2D eigenvalue weighted by molar-refractivity contribution is 0.188. The summed E-state index contributed by atoms with van der Waals surface area (Å²) in [6.07, 6.45) is 0. The van der Waals surface area contributed by atoms with Crippen LogP contribution in [-0.4, -0.2) is 17.5 Å².